The fourth-order valence-corrected chi connectivity index (χ4v) is 3.12. The molecule has 24 heavy (non-hydrogen) atoms. The second-order valence-electron chi connectivity index (χ2n) is 7.56. The zero-order chi connectivity index (χ0) is 17.9. The summed E-state index contributed by atoms with van der Waals surface area (Å²) < 4.78 is 0. The summed E-state index contributed by atoms with van der Waals surface area (Å²) in [5.41, 5.74) is 6.99. The average Bonchev–Trinajstić information content (AvgIpc) is 2.57. The van der Waals surface area contributed by atoms with Gasteiger partial charge in [0.25, 0.3) is 0 Å². The maximum Gasteiger partial charge on any atom is 0.0624 e. The minimum atomic E-state index is 0.0837. The van der Waals surface area contributed by atoms with Crippen LogP contribution in [-0.2, 0) is 0 Å². The first kappa shape index (κ1) is 23.4. The van der Waals surface area contributed by atoms with Gasteiger partial charge in [-0.25, -0.2) is 0 Å². The molecular weight excluding hydrogens is 298 g/mol. The van der Waals surface area contributed by atoms with Gasteiger partial charge in [0.1, 0.15) is 0 Å². The van der Waals surface area contributed by atoms with Crippen LogP contribution in [0.4, 0.5) is 0 Å². The number of unbranched alkanes of at least 4 members (excludes halogenated alkanes) is 12. The molecule has 0 rings (SSSR count). The Morgan fingerprint density at radius 1 is 0.708 bits per heavy atom. The maximum atomic E-state index is 8.82. The molecule has 4 nitrogen and oxygen atoms in total. The van der Waals surface area contributed by atoms with Crippen molar-refractivity contribution in [2.24, 2.45) is 11.1 Å². The molecule has 0 spiro atoms. The zero-order valence-electron chi connectivity index (χ0n) is 16.4. The van der Waals surface area contributed by atoms with E-state index in [-0.39, 0.29) is 6.61 Å². The third kappa shape index (κ3) is 17.7. The molecule has 0 radical (unpaired) electrons. The van der Waals surface area contributed by atoms with Crippen LogP contribution < -0.4 is 0 Å². The van der Waals surface area contributed by atoms with Crippen molar-refractivity contribution in [3.05, 3.63) is 0 Å². The Balaban J connectivity index is 3.11. The highest BCUT2D eigenvalue weighted by Gasteiger charge is 1.99. The molecule has 2 N–H and O–H groups in total. The molecule has 0 unspecified atom stereocenters. The van der Waals surface area contributed by atoms with Gasteiger partial charge in [-0.3, -0.25) is 5.01 Å². The Kier molecular flexibility index (Phi) is 18.2. The van der Waals surface area contributed by atoms with Gasteiger partial charge in [0.15, 0.2) is 0 Å². The van der Waals surface area contributed by atoms with Gasteiger partial charge in [-0.2, -0.15) is 5.53 Å². The van der Waals surface area contributed by atoms with Crippen molar-refractivity contribution in [2.75, 3.05) is 19.7 Å². The van der Waals surface area contributed by atoms with E-state index in [2.05, 4.69) is 19.1 Å². The van der Waals surface area contributed by atoms with Crippen LogP contribution in [0.2, 0.25) is 0 Å². The van der Waals surface area contributed by atoms with E-state index in [1.807, 2.05) is 0 Å². The van der Waals surface area contributed by atoms with Crippen molar-refractivity contribution in [3.63, 3.8) is 0 Å². The highest BCUT2D eigenvalue weighted by atomic mass is 16.3. The zero-order valence-corrected chi connectivity index (χ0v) is 16.4. The summed E-state index contributed by atoms with van der Waals surface area (Å²) in [6, 6.07) is 0. The van der Waals surface area contributed by atoms with Crippen molar-refractivity contribution in [2.45, 2.75) is 104 Å². The maximum absolute atomic E-state index is 8.82. The third-order valence-electron chi connectivity index (χ3n) is 4.70. The molecule has 0 aromatic rings. The Morgan fingerprint density at radius 3 is 1.50 bits per heavy atom. The van der Waals surface area contributed by atoms with Gasteiger partial charge >= 0.3 is 0 Å². The van der Waals surface area contributed by atoms with Gasteiger partial charge in [0.2, 0.25) is 0 Å². The quantitative estimate of drug-likeness (QED) is 0.163. The molecule has 0 heterocycles. The first-order chi connectivity index (χ1) is 11.7. The number of nitrogens with one attached hydrogen (secondary N) is 1. The topological polar surface area (TPSA) is 59.7 Å². The monoisotopic (exact) mass is 341 g/mol. The molecule has 0 fully saturated rings. The van der Waals surface area contributed by atoms with Gasteiger partial charge in [0, 0.05) is 6.54 Å². The summed E-state index contributed by atoms with van der Waals surface area (Å²) in [5, 5.41) is 13.9. The van der Waals surface area contributed by atoms with E-state index < -0.39 is 0 Å². The lowest BCUT2D eigenvalue weighted by Gasteiger charge is -2.14. The molecule has 0 aliphatic rings. The van der Waals surface area contributed by atoms with Gasteiger partial charge < -0.3 is 5.11 Å². The Labute approximate surface area is 150 Å². The summed E-state index contributed by atoms with van der Waals surface area (Å²) in [6.07, 6.45) is 19.1. The van der Waals surface area contributed by atoms with E-state index in [1.165, 1.54) is 83.5 Å². The highest BCUT2D eigenvalue weighted by molar-refractivity contribution is 4.53. The van der Waals surface area contributed by atoms with E-state index >= 15 is 0 Å². The van der Waals surface area contributed by atoms with Crippen LogP contribution in [0.3, 0.4) is 0 Å². The Bertz CT molecular complexity index is 259. The van der Waals surface area contributed by atoms with E-state index in [1.54, 1.807) is 5.01 Å². The molecular formula is C20H43N3O. The predicted molar refractivity (Wildman–Crippen MR) is 103 cm³/mol. The van der Waals surface area contributed by atoms with E-state index in [9.17, 15) is 0 Å². The normalized spacial score (nSPS) is 11.2. The molecule has 0 bridgehead atoms. The van der Waals surface area contributed by atoms with Crippen LogP contribution in [0, 0.1) is 11.4 Å². The minimum absolute atomic E-state index is 0.0837. The summed E-state index contributed by atoms with van der Waals surface area (Å²) in [7, 11) is 0. The Hall–Kier alpha value is -0.640. The van der Waals surface area contributed by atoms with Crippen molar-refractivity contribution >= 4 is 0 Å². The van der Waals surface area contributed by atoms with Crippen LogP contribution >= 0.6 is 0 Å². The smallest absolute Gasteiger partial charge is 0.0624 e. The summed E-state index contributed by atoms with van der Waals surface area (Å²) in [6.45, 7) is 6.02. The fraction of sp³-hybridized carbons (Fsp3) is 1.00. The second kappa shape index (κ2) is 18.7. The lowest BCUT2D eigenvalue weighted by atomic mass is 10.0. The number of hydrogen-bond acceptors (Lipinski definition) is 3. The number of aliphatic hydroxyl groups excluding tert-OH is 1. The first-order valence-corrected chi connectivity index (χ1v) is 10.4. The van der Waals surface area contributed by atoms with Crippen molar-refractivity contribution in [1.29, 1.82) is 5.53 Å². The summed E-state index contributed by atoms with van der Waals surface area (Å²) in [5.74, 6) is 0.872. The van der Waals surface area contributed by atoms with Crippen LogP contribution in [0.1, 0.15) is 104 Å². The van der Waals surface area contributed by atoms with Crippen molar-refractivity contribution < 1.29 is 5.11 Å². The molecule has 0 saturated heterocycles. The van der Waals surface area contributed by atoms with Crippen molar-refractivity contribution in [3.8, 4) is 0 Å². The molecule has 0 aliphatic heterocycles. The molecule has 0 atom stereocenters. The Morgan fingerprint density at radius 2 is 1.12 bits per heavy atom. The first-order valence-electron chi connectivity index (χ1n) is 10.4. The summed E-state index contributed by atoms with van der Waals surface area (Å²) >= 11 is 0. The van der Waals surface area contributed by atoms with Crippen LogP contribution in [0.25, 0.3) is 0 Å². The van der Waals surface area contributed by atoms with E-state index in [0.717, 1.165) is 18.9 Å². The lowest BCUT2D eigenvalue weighted by molar-refractivity contribution is 0.185. The third-order valence-corrected chi connectivity index (χ3v) is 4.70. The highest BCUT2D eigenvalue weighted by Crippen LogP contribution is 2.14. The average molecular weight is 342 g/mol. The SMILES string of the molecule is CC(C)CCCCCCCCCCCCCCCN(CCO)N=N. The number of hydrogen-bond donors (Lipinski definition) is 2. The number of aliphatic hydroxyl groups is 1. The van der Waals surface area contributed by atoms with Gasteiger partial charge in [0.05, 0.1) is 13.2 Å². The van der Waals surface area contributed by atoms with Crippen molar-refractivity contribution in [1.82, 2.24) is 5.01 Å². The van der Waals surface area contributed by atoms with Crippen LogP contribution in [-0.4, -0.2) is 29.8 Å². The largest absolute Gasteiger partial charge is 0.394 e. The standard InChI is InChI=1S/C20H43N3O/c1-20(2)16-14-12-10-8-6-4-3-5-7-9-11-13-15-17-23(22-21)18-19-24/h20-21,24H,3-19H2,1-2H3. The lowest BCUT2D eigenvalue weighted by Crippen LogP contribution is -2.21. The molecule has 0 amide bonds. The molecule has 144 valence electrons. The van der Waals surface area contributed by atoms with E-state index in [0.29, 0.717) is 6.54 Å². The molecule has 0 aromatic carbocycles. The summed E-state index contributed by atoms with van der Waals surface area (Å²) in [4.78, 5) is 0. The molecule has 4 heteroatoms. The predicted octanol–water partition coefficient (Wildman–Crippen LogP) is 6.34. The number of nitrogens with zero attached hydrogens (tertiary/aromatic N) is 2. The van der Waals surface area contributed by atoms with Gasteiger partial charge in [-0.1, -0.05) is 103 Å². The van der Waals surface area contributed by atoms with Crippen LogP contribution in [0.15, 0.2) is 5.22 Å². The minimum Gasteiger partial charge on any atom is -0.394 e. The number of rotatable bonds is 19. The molecule has 0 aliphatic carbocycles. The van der Waals surface area contributed by atoms with Gasteiger partial charge in [-0.05, 0) is 12.3 Å². The second-order valence-corrected chi connectivity index (χ2v) is 7.56. The van der Waals surface area contributed by atoms with E-state index in [4.69, 9.17) is 10.6 Å². The van der Waals surface area contributed by atoms with Gasteiger partial charge in [-0.15, -0.1) is 0 Å². The molecule has 0 aromatic heterocycles. The molecule has 0 saturated carbocycles. The fourth-order valence-electron chi connectivity index (χ4n) is 3.12. The van der Waals surface area contributed by atoms with Crippen LogP contribution in [0.5, 0.6) is 0 Å².